The van der Waals surface area contributed by atoms with Crippen molar-refractivity contribution < 1.29 is 5.11 Å². The van der Waals surface area contributed by atoms with Gasteiger partial charge in [-0.1, -0.05) is 54.4 Å². The summed E-state index contributed by atoms with van der Waals surface area (Å²) in [4.78, 5) is 0. The summed E-state index contributed by atoms with van der Waals surface area (Å²) in [6.07, 6.45) is 12.1. The zero-order valence-corrected chi connectivity index (χ0v) is 20.2. The van der Waals surface area contributed by atoms with E-state index in [0.29, 0.717) is 10.8 Å². The van der Waals surface area contributed by atoms with Gasteiger partial charge in [-0.15, -0.1) is 0 Å². The summed E-state index contributed by atoms with van der Waals surface area (Å²) in [5.74, 6) is 9.31. The van der Waals surface area contributed by atoms with Crippen molar-refractivity contribution in [2.24, 2.45) is 70.0 Å². The van der Waals surface area contributed by atoms with Crippen molar-refractivity contribution in [2.75, 3.05) is 0 Å². The maximum atomic E-state index is 10.5. The Bertz CT molecular complexity index is 628. The monoisotopic (exact) mass is 400 g/mol. The predicted octanol–water partition coefficient (Wildman–Crippen LogP) is 7.18. The van der Waals surface area contributed by atoms with Crippen molar-refractivity contribution in [1.82, 2.24) is 0 Å². The molecule has 4 bridgehead atoms. The second-order valence-electron chi connectivity index (χ2n) is 13.2. The van der Waals surface area contributed by atoms with Crippen molar-refractivity contribution in [3.8, 4) is 0 Å². The molecule has 0 amide bonds. The smallest absolute Gasteiger partial charge is 0.0543 e. The maximum absolute atomic E-state index is 10.5. The van der Waals surface area contributed by atoms with E-state index in [-0.39, 0.29) is 6.10 Å². The van der Waals surface area contributed by atoms with Gasteiger partial charge < -0.3 is 5.11 Å². The fourth-order valence-electron chi connectivity index (χ4n) is 11.1. The lowest BCUT2D eigenvalue weighted by atomic mass is 9.43. The van der Waals surface area contributed by atoms with Crippen molar-refractivity contribution in [3.05, 3.63) is 0 Å². The number of aliphatic hydroxyl groups is 1. The highest BCUT2D eigenvalue weighted by Crippen LogP contribution is 2.76. The Morgan fingerprint density at radius 3 is 2.48 bits per heavy atom. The lowest BCUT2D eigenvalue weighted by molar-refractivity contribution is -0.150. The Morgan fingerprint density at radius 1 is 1.00 bits per heavy atom. The van der Waals surface area contributed by atoms with Crippen molar-refractivity contribution >= 4 is 0 Å². The number of aliphatic hydroxyl groups excluding tert-OH is 1. The van der Waals surface area contributed by atoms with Gasteiger partial charge in [-0.2, -0.15) is 0 Å². The van der Waals surface area contributed by atoms with E-state index in [1.165, 1.54) is 44.9 Å². The lowest BCUT2D eigenvalue weighted by Gasteiger charge is -2.62. The Morgan fingerprint density at radius 2 is 1.76 bits per heavy atom. The number of rotatable bonds is 3. The van der Waals surface area contributed by atoms with Crippen LogP contribution in [0.1, 0.15) is 99.3 Å². The minimum atomic E-state index is -0.0208. The fraction of sp³-hybridized carbons (Fsp3) is 1.00. The third-order valence-electron chi connectivity index (χ3n) is 12.4. The van der Waals surface area contributed by atoms with Crippen LogP contribution in [0, 0.1) is 70.0 Å². The molecule has 0 radical (unpaired) electrons. The highest BCUT2D eigenvalue weighted by molar-refractivity contribution is 5.19. The average molecular weight is 401 g/mol. The molecule has 1 N–H and O–H groups in total. The SMILES string of the molecule is CCC[C@H](C)[C@H]1CCC2C3C4C(C[C@@H](C)[C@@]21C)[C@H]3[C@@]1(C)CC[C@H](O)CC1C[C@@H]4C. The summed E-state index contributed by atoms with van der Waals surface area (Å²) in [7, 11) is 0. The summed E-state index contributed by atoms with van der Waals surface area (Å²) in [6.45, 7) is 15.7. The molecule has 6 aliphatic carbocycles. The second-order valence-corrected chi connectivity index (χ2v) is 13.2. The quantitative estimate of drug-likeness (QED) is 0.532. The van der Waals surface area contributed by atoms with Gasteiger partial charge in [-0.3, -0.25) is 0 Å². The van der Waals surface area contributed by atoms with Gasteiger partial charge in [-0.25, -0.2) is 0 Å². The first kappa shape index (κ1) is 20.8. The fourth-order valence-corrected chi connectivity index (χ4v) is 11.1. The van der Waals surface area contributed by atoms with Gasteiger partial charge in [0.05, 0.1) is 6.10 Å². The van der Waals surface area contributed by atoms with Gasteiger partial charge in [0.1, 0.15) is 0 Å². The molecular weight excluding hydrogens is 352 g/mol. The molecule has 0 aromatic heterocycles. The van der Waals surface area contributed by atoms with Crippen LogP contribution in [-0.2, 0) is 0 Å². The van der Waals surface area contributed by atoms with Crippen LogP contribution in [0.15, 0.2) is 0 Å². The molecule has 1 heteroatoms. The van der Waals surface area contributed by atoms with Crippen LogP contribution < -0.4 is 0 Å². The van der Waals surface area contributed by atoms with E-state index in [9.17, 15) is 5.11 Å². The second kappa shape index (κ2) is 6.98. The molecule has 0 aromatic carbocycles. The summed E-state index contributed by atoms with van der Waals surface area (Å²) in [5.41, 5.74) is 1.08. The highest BCUT2D eigenvalue weighted by atomic mass is 16.3. The molecule has 6 aliphatic rings. The minimum absolute atomic E-state index is 0.0208. The van der Waals surface area contributed by atoms with Crippen LogP contribution in [0.5, 0.6) is 0 Å². The van der Waals surface area contributed by atoms with Crippen LogP contribution >= 0.6 is 0 Å². The van der Waals surface area contributed by atoms with Gasteiger partial charge in [0.15, 0.2) is 0 Å². The molecule has 6 rings (SSSR count). The summed E-state index contributed by atoms with van der Waals surface area (Å²) in [6, 6.07) is 0. The minimum Gasteiger partial charge on any atom is -0.393 e. The van der Waals surface area contributed by atoms with Gasteiger partial charge in [0, 0.05) is 0 Å². The van der Waals surface area contributed by atoms with Crippen molar-refractivity contribution in [1.29, 1.82) is 0 Å². The van der Waals surface area contributed by atoms with E-state index in [2.05, 4.69) is 41.5 Å². The van der Waals surface area contributed by atoms with Gasteiger partial charge in [0.25, 0.3) is 0 Å². The zero-order chi connectivity index (χ0) is 20.7. The number of hydrogen-bond donors (Lipinski definition) is 1. The van der Waals surface area contributed by atoms with Crippen molar-refractivity contribution in [2.45, 2.75) is 105 Å². The molecule has 1 nitrogen and oxygen atoms in total. The molecule has 13 atom stereocenters. The van der Waals surface area contributed by atoms with E-state index >= 15 is 0 Å². The van der Waals surface area contributed by atoms with Crippen LogP contribution in [0.25, 0.3) is 0 Å². The molecule has 29 heavy (non-hydrogen) atoms. The van der Waals surface area contributed by atoms with Gasteiger partial charge in [-0.05, 0) is 115 Å². The Balaban J connectivity index is 1.53. The molecule has 0 spiro atoms. The first-order valence-corrected chi connectivity index (χ1v) is 13.4. The van der Waals surface area contributed by atoms with E-state index < -0.39 is 0 Å². The summed E-state index contributed by atoms with van der Waals surface area (Å²) < 4.78 is 0. The Kier molecular flexibility index (Phi) is 5.02. The third kappa shape index (κ3) is 2.67. The first-order valence-electron chi connectivity index (χ1n) is 13.4. The average Bonchev–Trinajstić information content (AvgIpc) is 2.80. The Labute approximate surface area is 180 Å². The molecule has 6 saturated carbocycles. The van der Waals surface area contributed by atoms with Crippen LogP contribution in [0.4, 0.5) is 0 Å². The summed E-state index contributed by atoms with van der Waals surface area (Å²) >= 11 is 0. The van der Waals surface area contributed by atoms with Crippen molar-refractivity contribution in [3.63, 3.8) is 0 Å². The van der Waals surface area contributed by atoms with Crippen LogP contribution in [-0.4, -0.2) is 11.2 Å². The molecule has 0 aromatic rings. The van der Waals surface area contributed by atoms with Crippen LogP contribution in [0.2, 0.25) is 0 Å². The molecule has 0 heterocycles. The largest absolute Gasteiger partial charge is 0.393 e. The molecule has 166 valence electrons. The first-order chi connectivity index (χ1) is 13.7. The molecule has 0 aliphatic heterocycles. The third-order valence-corrected chi connectivity index (χ3v) is 12.4. The maximum Gasteiger partial charge on any atom is 0.0543 e. The molecular formula is C28H48O. The van der Waals surface area contributed by atoms with Gasteiger partial charge >= 0.3 is 0 Å². The standard InChI is InChI=1S/C28H48O/c1-7-8-16(2)22-9-10-23-25-24-17(3)13-19-15-20(29)11-12-27(19,5)26(25)21(24)14-18(4)28(22,23)6/h16-26,29H,7-15H2,1-6H3/t16-,17-,18+,19?,20-,21?,22+,23?,24?,25?,26+,27-,28+/m0/s1. The normalized spacial score (nSPS) is 59.7. The topological polar surface area (TPSA) is 20.2 Å². The number of hydrogen-bond acceptors (Lipinski definition) is 1. The van der Waals surface area contributed by atoms with E-state index in [1.54, 1.807) is 0 Å². The highest BCUT2D eigenvalue weighted by Gasteiger charge is 2.71. The summed E-state index contributed by atoms with van der Waals surface area (Å²) in [5, 5.41) is 10.5. The lowest BCUT2D eigenvalue weighted by Crippen LogP contribution is -2.57. The predicted molar refractivity (Wildman–Crippen MR) is 121 cm³/mol. The Hall–Kier alpha value is -0.0400. The van der Waals surface area contributed by atoms with Crippen LogP contribution in [0.3, 0.4) is 0 Å². The van der Waals surface area contributed by atoms with E-state index in [1.807, 2.05) is 0 Å². The number of fused-ring (bicyclic) bond motifs is 2. The molecule has 6 fully saturated rings. The molecule has 0 saturated heterocycles. The zero-order valence-electron chi connectivity index (χ0n) is 20.2. The van der Waals surface area contributed by atoms with E-state index in [0.717, 1.165) is 72.0 Å². The molecule has 5 unspecified atom stereocenters. The van der Waals surface area contributed by atoms with Gasteiger partial charge in [0.2, 0.25) is 0 Å². The van der Waals surface area contributed by atoms with E-state index in [4.69, 9.17) is 0 Å².